The number of carbonyl (C=O) groups is 1. The van der Waals surface area contributed by atoms with Crippen molar-refractivity contribution in [3.63, 3.8) is 0 Å². The van der Waals surface area contributed by atoms with Gasteiger partial charge in [-0.25, -0.2) is 4.79 Å². The number of hydrogen-bond acceptors (Lipinski definition) is 20. The molecule has 3 aliphatic heterocycles. The van der Waals surface area contributed by atoms with E-state index in [1.807, 2.05) is 0 Å². The highest BCUT2D eigenvalue weighted by Gasteiger charge is 2.53. The molecule has 20 nitrogen and oxygen atoms in total. The Bertz CT molecular complexity index is 1620. The van der Waals surface area contributed by atoms with Crippen molar-refractivity contribution in [3.05, 3.63) is 53.6 Å². The lowest BCUT2D eigenvalue weighted by Crippen LogP contribution is -2.65. The van der Waals surface area contributed by atoms with Crippen LogP contribution in [0.25, 0.3) is 6.08 Å². The molecule has 0 spiro atoms. The Morgan fingerprint density at radius 3 is 2.07 bits per heavy atom. The molecule has 312 valence electrons. The molecule has 56 heavy (non-hydrogen) atoms. The molecule has 0 radical (unpaired) electrons. The minimum atomic E-state index is -1.87. The molecule has 0 aromatic heterocycles. The Morgan fingerprint density at radius 2 is 1.38 bits per heavy atom. The number of ether oxygens (including phenoxy) is 8. The molecule has 20 heteroatoms. The standard InChI is InChI=1S/C36H48O20/c1-15-25(42)27(44)30(47)36(52-15)56-33-31(48)35(50-10-9-17-3-6-18(38)20(40)11-17)54-23(14-51-34-29(46)28(45)26(43)22(13-37)53-34)32(33)55-24(41)8-5-16-4-7-19(39)21(12-16)49-2/h3-8,11-12,15,22-23,25-40,42-48H,9-10,13-14H2,1-2H3/b8-5+/t15-,22+,23+,25-,26-,27+,28-,29+,30+,31+,32+,33+,34+,35+,36-/m0/s1. The zero-order valence-corrected chi connectivity index (χ0v) is 30.2. The molecule has 15 atom stereocenters. The van der Waals surface area contributed by atoms with Crippen LogP contribution in [0.4, 0.5) is 0 Å². The largest absolute Gasteiger partial charge is 0.504 e. The molecular formula is C36H48O20. The molecule has 2 aromatic carbocycles. The van der Waals surface area contributed by atoms with Crippen molar-refractivity contribution in [1.29, 1.82) is 0 Å². The summed E-state index contributed by atoms with van der Waals surface area (Å²) in [5, 5.41) is 113. The fraction of sp³-hybridized carbons (Fsp3) is 0.583. The summed E-state index contributed by atoms with van der Waals surface area (Å²) >= 11 is 0. The van der Waals surface area contributed by atoms with Gasteiger partial charge in [-0.15, -0.1) is 0 Å². The molecule has 11 N–H and O–H groups in total. The Kier molecular flexibility index (Phi) is 14.9. The summed E-state index contributed by atoms with van der Waals surface area (Å²) in [6.45, 7) is -0.207. The molecule has 3 heterocycles. The Hall–Kier alpha value is -3.71. The van der Waals surface area contributed by atoms with Gasteiger partial charge in [-0.3, -0.25) is 0 Å². The van der Waals surface area contributed by atoms with Crippen LogP contribution in [0.3, 0.4) is 0 Å². The van der Waals surface area contributed by atoms with Crippen LogP contribution in [0.15, 0.2) is 42.5 Å². The van der Waals surface area contributed by atoms with Crippen molar-refractivity contribution in [2.75, 3.05) is 26.9 Å². The number of carbonyl (C=O) groups excluding carboxylic acids is 1. The average molecular weight is 801 g/mol. The van der Waals surface area contributed by atoms with Crippen molar-refractivity contribution in [1.82, 2.24) is 0 Å². The van der Waals surface area contributed by atoms with Gasteiger partial charge in [0, 0.05) is 6.08 Å². The Balaban J connectivity index is 1.44. The number of esters is 1. The summed E-state index contributed by atoms with van der Waals surface area (Å²) in [7, 11) is 1.33. The molecule has 3 saturated heterocycles. The lowest BCUT2D eigenvalue weighted by Gasteiger charge is -2.47. The summed E-state index contributed by atoms with van der Waals surface area (Å²) in [6, 6.07) is 8.31. The second kappa shape index (κ2) is 19.2. The van der Waals surface area contributed by atoms with Gasteiger partial charge in [0.25, 0.3) is 0 Å². The van der Waals surface area contributed by atoms with Crippen LogP contribution < -0.4 is 4.74 Å². The van der Waals surface area contributed by atoms with Crippen LogP contribution in [-0.2, 0) is 44.4 Å². The predicted molar refractivity (Wildman–Crippen MR) is 185 cm³/mol. The molecule has 0 aliphatic carbocycles. The van der Waals surface area contributed by atoms with E-state index < -0.39 is 111 Å². The van der Waals surface area contributed by atoms with Crippen LogP contribution in [-0.4, -0.2) is 181 Å². The summed E-state index contributed by atoms with van der Waals surface area (Å²) < 4.78 is 45.5. The zero-order chi connectivity index (χ0) is 40.8. The number of aliphatic hydroxyl groups is 8. The number of phenols is 3. The normalized spacial score (nSPS) is 36.4. The van der Waals surface area contributed by atoms with Gasteiger partial charge in [0.2, 0.25) is 0 Å². The fourth-order valence-electron chi connectivity index (χ4n) is 6.29. The molecule has 0 saturated carbocycles. The third-order valence-corrected chi connectivity index (χ3v) is 9.57. The van der Waals surface area contributed by atoms with Crippen LogP contribution in [0.5, 0.6) is 23.0 Å². The maximum Gasteiger partial charge on any atom is 0.331 e. The van der Waals surface area contributed by atoms with Gasteiger partial charge in [0.15, 0.2) is 48.0 Å². The zero-order valence-electron chi connectivity index (χ0n) is 30.2. The Labute approximate surface area is 319 Å². The molecule has 0 unspecified atom stereocenters. The van der Waals surface area contributed by atoms with E-state index in [-0.39, 0.29) is 36.0 Å². The summed E-state index contributed by atoms with van der Waals surface area (Å²) in [5.74, 6) is -1.81. The van der Waals surface area contributed by atoms with Crippen LogP contribution in [0, 0.1) is 0 Å². The number of rotatable bonds is 14. The highest BCUT2D eigenvalue weighted by atomic mass is 16.8. The molecule has 3 aliphatic rings. The van der Waals surface area contributed by atoms with Gasteiger partial charge < -0.3 is 94.1 Å². The lowest BCUT2D eigenvalue weighted by atomic mass is 9.96. The molecule has 5 rings (SSSR count). The van der Waals surface area contributed by atoms with Crippen molar-refractivity contribution >= 4 is 12.0 Å². The second-order valence-electron chi connectivity index (χ2n) is 13.5. The van der Waals surface area contributed by atoms with E-state index in [2.05, 4.69) is 0 Å². The Morgan fingerprint density at radius 1 is 0.714 bits per heavy atom. The number of benzene rings is 2. The minimum Gasteiger partial charge on any atom is -0.504 e. The van der Waals surface area contributed by atoms with Crippen molar-refractivity contribution in [2.24, 2.45) is 0 Å². The monoisotopic (exact) mass is 800 g/mol. The van der Waals surface area contributed by atoms with E-state index in [0.29, 0.717) is 11.1 Å². The van der Waals surface area contributed by atoms with Gasteiger partial charge >= 0.3 is 5.97 Å². The third-order valence-electron chi connectivity index (χ3n) is 9.57. The molecule has 3 fully saturated rings. The van der Waals surface area contributed by atoms with Crippen molar-refractivity contribution < 1.29 is 98.9 Å². The smallest absolute Gasteiger partial charge is 0.331 e. The van der Waals surface area contributed by atoms with E-state index in [0.717, 1.165) is 6.08 Å². The first-order valence-corrected chi connectivity index (χ1v) is 17.6. The van der Waals surface area contributed by atoms with Crippen molar-refractivity contribution in [3.8, 4) is 23.0 Å². The van der Waals surface area contributed by atoms with E-state index in [1.54, 1.807) is 0 Å². The third kappa shape index (κ3) is 10.0. The van der Waals surface area contributed by atoms with Crippen LogP contribution in [0.1, 0.15) is 18.1 Å². The number of aliphatic hydroxyl groups excluding tert-OH is 8. The van der Waals surface area contributed by atoms with E-state index in [9.17, 15) is 61.0 Å². The quantitative estimate of drug-likeness (QED) is 0.0519. The summed E-state index contributed by atoms with van der Waals surface area (Å²) in [5.41, 5.74) is 0.925. The molecule has 0 bridgehead atoms. The number of hydrogen-bond donors (Lipinski definition) is 11. The van der Waals surface area contributed by atoms with Gasteiger partial charge in [0.1, 0.15) is 61.0 Å². The molecule has 2 aromatic rings. The number of aromatic hydroxyl groups is 3. The first-order chi connectivity index (χ1) is 26.6. The topological polar surface area (TPSA) is 313 Å². The van der Waals surface area contributed by atoms with E-state index >= 15 is 0 Å². The highest BCUT2D eigenvalue weighted by Crippen LogP contribution is 2.33. The lowest BCUT2D eigenvalue weighted by molar-refractivity contribution is -0.364. The fourth-order valence-corrected chi connectivity index (χ4v) is 6.29. The highest BCUT2D eigenvalue weighted by molar-refractivity contribution is 5.87. The van der Waals surface area contributed by atoms with Gasteiger partial charge in [-0.05, 0) is 54.8 Å². The van der Waals surface area contributed by atoms with Crippen LogP contribution >= 0.6 is 0 Å². The minimum absolute atomic E-state index is 0.115. The maximum atomic E-state index is 13.4. The average Bonchev–Trinajstić information content (AvgIpc) is 3.18. The second-order valence-corrected chi connectivity index (χ2v) is 13.5. The maximum absolute atomic E-state index is 13.4. The van der Waals surface area contributed by atoms with Gasteiger partial charge in [-0.1, -0.05) is 12.1 Å². The van der Waals surface area contributed by atoms with Gasteiger partial charge in [-0.2, -0.15) is 0 Å². The first kappa shape index (κ1) is 43.4. The van der Waals surface area contributed by atoms with Crippen LogP contribution in [0.2, 0.25) is 0 Å². The molecular weight excluding hydrogens is 752 g/mol. The SMILES string of the molecule is COc1cc(/C=C/C(=O)O[C@H]2[C@H](O[C@@H]3O[C@@H](C)[C@H](O)[C@@H](O)[C@H]3O)[C@@H](O)[C@H](OCCc3ccc(O)c(O)c3)O[C@@H]2CO[C@@H]2O[C@H](CO)[C@H](O)[C@H](O)[C@H]2O)ccc1O. The van der Waals surface area contributed by atoms with Crippen molar-refractivity contribution in [2.45, 2.75) is 105 Å². The summed E-state index contributed by atoms with van der Waals surface area (Å²) in [6.07, 6.45) is -22.2. The predicted octanol–water partition coefficient (Wildman–Crippen LogP) is -2.89. The van der Waals surface area contributed by atoms with Gasteiger partial charge in [0.05, 0.1) is 33.0 Å². The molecule has 0 amide bonds. The van der Waals surface area contributed by atoms with E-state index in [4.69, 9.17) is 37.9 Å². The first-order valence-electron chi connectivity index (χ1n) is 17.6. The number of methoxy groups -OCH3 is 1. The number of phenolic OH excluding ortho intramolecular Hbond substituents is 3. The van der Waals surface area contributed by atoms with E-state index in [1.165, 1.54) is 56.5 Å². The summed E-state index contributed by atoms with van der Waals surface area (Å²) in [4.78, 5) is 13.4.